The quantitative estimate of drug-likeness (QED) is 0.361. The number of hydrogen-bond acceptors (Lipinski definition) is 5. The molecule has 208 valence electrons. The highest BCUT2D eigenvalue weighted by Gasteiger charge is 2.32. The molecule has 0 aliphatic carbocycles. The fraction of sp³-hybridized carbons (Fsp3) is 0.310. The molecule has 0 bridgehead atoms. The molecule has 0 heterocycles. The van der Waals surface area contributed by atoms with Crippen LogP contribution in [0, 0.1) is 11.7 Å². The Balaban J connectivity index is 2.00. The van der Waals surface area contributed by atoms with Crippen LogP contribution in [0.2, 0.25) is 0 Å². The van der Waals surface area contributed by atoms with Crippen molar-refractivity contribution in [2.75, 3.05) is 24.5 Å². The lowest BCUT2D eigenvalue weighted by atomic mass is 10.1. The molecule has 1 atom stereocenters. The summed E-state index contributed by atoms with van der Waals surface area (Å²) in [6.45, 7) is 5.37. The van der Waals surface area contributed by atoms with Crippen molar-refractivity contribution >= 4 is 27.5 Å². The molecule has 39 heavy (non-hydrogen) atoms. The van der Waals surface area contributed by atoms with Gasteiger partial charge in [0, 0.05) is 13.1 Å². The summed E-state index contributed by atoms with van der Waals surface area (Å²) in [5.74, 6) is -0.727. The van der Waals surface area contributed by atoms with Crippen LogP contribution in [0.15, 0.2) is 83.8 Å². The first kappa shape index (κ1) is 29.6. The smallest absolute Gasteiger partial charge is 0.264 e. The number of amides is 2. The van der Waals surface area contributed by atoms with Crippen LogP contribution in [0.5, 0.6) is 5.75 Å². The van der Waals surface area contributed by atoms with Crippen molar-refractivity contribution in [2.45, 2.75) is 38.3 Å². The van der Waals surface area contributed by atoms with Gasteiger partial charge in [0.2, 0.25) is 11.8 Å². The molecule has 3 rings (SSSR count). The molecule has 0 spiro atoms. The van der Waals surface area contributed by atoms with E-state index in [2.05, 4.69) is 5.32 Å². The minimum absolute atomic E-state index is 0.0239. The van der Waals surface area contributed by atoms with Crippen molar-refractivity contribution in [3.8, 4) is 5.75 Å². The summed E-state index contributed by atoms with van der Waals surface area (Å²) in [5, 5.41) is 2.84. The predicted octanol–water partition coefficient (Wildman–Crippen LogP) is 4.22. The van der Waals surface area contributed by atoms with Crippen molar-refractivity contribution in [1.29, 1.82) is 0 Å². The fourth-order valence-corrected chi connectivity index (χ4v) is 5.29. The average molecular weight is 556 g/mol. The van der Waals surface area contributed by atoms with E-state index in [1.54, 1.807) is 49.4 Å². The molecule has 0 aliphatic rings. The molecular weight excluding hydrogens is 521 g/mol. The van der Waals surface area contributed by atoms with Crippen LogP contribution < -0.4 is 14.4 Å². The molecule has 1 N–H and O–H groups in total. The SMILES string of the molecule is COc1cccc(CN(C(=O)CN(c2ccc(F)cc2)S(=O)(=O)c2ccccc2)[C@H](C)C(=O)NCC(C)C)c1. The van der Waals surface area contributed by atoms with Crippen LogP contribution >= 0.6 is 0 Å². The van der Waals surface area contributed by atoms with E-state index >= 15 is 0 Å². The van der Waals surface area contributed by atoms with Crippen LogP contribution in [0.3, 0.4) is 0 Å². The van der Waals surface area contributed by atoms with Gasteiger partial charge in [-0.25, -0.2) is 12.8 Å². The number of hydrogen-bond donors (Lipinski definition) is 1. The van der Waals surface area contributed by atoms with Gasteiger partial charge in [-0.1, -0.05) is 44.2 Å². The molecule has 10 heteroatoms. The van der Waals surface area contributed by atoms with E-state index in [0.717, 1.165) is 16.4 Å². The van der Waals surface area contributed by atoms with Crippen LogP contribution in [-0.2, 0) is 26.2 Å². The Morgan fingerprint density at radius 3 is 2.23 bits per heavy atom. The molecular formula is C29H34FN3O5S. The third-order valence-corrected chi connectivity index (χ3v) is 7.85. The number of carbonyl (C=O) groups is 2. The summed E-state index contributed by atoms with van der Waals surface area (Å²) in [6, 6.07) is 18.7. The molecule has 3 aromatic carbocycles. The molecule has 0 saturated heterocycles. The summed E-state index contributed by atoms with van der Waals surface area (Å²) < 4.78 is 47.2. The lowest BCUT2D eigenvalue weighted by Crippen LogP contribution is -2.51. The minimum atomic E-state index is -4.20. The number of anilines is 1. The van der Waals surface area contributed by atoms with E-state index < -0.39 is 34.3 Å². The van der Waals surface area contributed by atoms with Gasteiger partial charge < -0.3 is 15.0 Å². The first-order valence-electron chi connectivity index (χ1n) is 12.6. The zero-order valence-electron chi connectivity index (χ0n) is 22.5. The summed E-state index contributed by atoms with van der Waals surface area (Å²) in [4.78, 5) is 28.2. The lowest BCUT2D eigenvalue weighted by molar-refractivity contribution is -0.139. The number of ether oxygens (including phenoxy) is 1. The maximum atomic E-state index is 13.8. The number of methoxy groups -OCH3 is 1. The van der Waals surface area contributed by atoms with Gasteiger partial charge in [-0.05, 0) is 66.9 Å². The number of benzene rings is 3. The van der Waals surface area contributed by atoms with Crippen molar-refractivity contribution in [3.05, 3.63) is 90.2 Å². The first-order valence-corrected chi connectivity index (χ1v) is 14.0. The van der Waals surface area contributed by atoms with Gasteiger partial charge >= 0.3 is 0 Å². The van der Waals surface area contributed by atoms with Crippen LogP contribution in [0.1, 0.15) is 26.3 Å². The predicted molar refractivity (Wildman–Crippen MR) is 148 cm³/mol. The Kier molecular flexibility index (Phi) is 10.1. The van der Waals surface area contributed by atoms with Crippen LogP contribution in [0.25, 0.3) is 0 Å². The van der Waals surface area contributed by atoms with Crippen LogP contribution in [0.4, 0.5) is 10.1 Å². The van der Waals surface area contributed by atoms with E-state index in [0.29, 0.717) is 17.9 Å². The third kappa shape index (κ3) is 7.79. The highest BCUT2D eigenvalue weighted by Crippen LogP contribution is 2.25. The summed E-state index contributed by atoms with van der Waals surface area (Å²) in [5.41, 5.74) is 0.817. The molecule has 0 unspecified atom stereocenters. The minimum Gasteiger partial charge on any atom is -0.497 e. The fourth-order valence-electron chi connectivity index (χ4n) is 3.86. The van der Waals surface area contributed by atoms with Gasteiger partial charge in [0.25, 0.3) is 10.0 Å². The Bertz CT molecular complexity index is 1370. The number of halogens is 1. The molecule has 0 fully saturated rings. The lowest BCUT2D eigenvalue weighted by Gasteiger charge is -2.32. The second kappa shape index (κ2) is 13.2. The molecule has 0 aromatic heterocycles. The topological polar surface area (TPSA) is 96.0 Å². The van der Waals surface area contributed by atoms with Gasteiger partial charge in [0.15, 0.2) is 0 Å². The zero-order valence-corrected chi connectivity index (χ0v) is 23.3. The molecule has 8 nitrogen and oxygen atoms in total. The molecule has 0 radical (unpaired) electrons. The summed E-state index contributed by atoms with van der Waals surface area (Å²) >= 11 is 0. The summed E-state index contributed by atoms with van der Waals surface area (Å²) in [6.07, 6.45) is 0. The zero-order chi connectivity index (χ0) is 28.6. The van der Waals surface area contributed by atoms with Gasteiger partial charge in [-0.15, -0.1) is 0 Å². The standard InChI is InChI=1S/C29H34FN3O5S/c1-21(2)18-31-29(35)22(3)32(19-23-9-8-10-26(17-23)38-4)28(34)20-33(25-15-13-24(30)14-16-25)39(36,37)27-11-6-5-7-12-27/h5-17,21-22H,18-20H2,1-4H3,(H,31,35)/t22-/m1/s1. The average Bonchev–Trinajstić information content (AvgIpc) is 2.93. The van der Waals surface area contributed by atoms with E-state index in [9.17, 15) is 22.4 Å². The van der Waals surface area contributed by atoms with E-state index in [1.807, 2.05) is 13.8 Å². The van der Waals surface area contributed by atoms with Gasteiger partial charge in [0.1, 0.15) is 24.2 Å². The molecule has 2 amide bonds. The molecule has 0 saturated carbocycles. The van der Waals surface area contributed by atoms with Crippen molar-refractivity contribution in [1.82, 2.24) is 10.2 Å². The van der Waals surface area contributed by atoms with E-state index in [-0.39, 0.29) is 29.0 Å². The number of nitrogens with one attached hydrogen (secondary N) is 1. The number of carbonyl (C=O) groups excluding carboxylic acids is 2. The van der Waals surface area contributed by atoms with Crippen molar-refractivity contribution in [2.24, 2.45) is 5.92 Å². The Hall–Kier alpha value is -3.92. The van der Waals surface area contributed by atoms with Crippen LogP contribution in [-0.4, -0.2) is 51.4 Å². The van der Waals surface area contributed by atoms with Gasteiger partial charge in [0.05, 0.1) is 17.7 Å². The highest BCUT2D eigenvalue weighted by molar-refractivity contribution is 7.92. The molecule has 3 aromatic rings. The largest absolute Gasteiger partial charge is 0.497 e. The maximum absolute atomic E-state index is 13.8. The first-order chi connectivity index (χ1) is 18.5. The summed E-state index contributed by atoms with van der Waals surface area (Å²) in [7, 11) is -2.68. The Morgan fingerprint density at radius 1 is 0.949 bits per heavy atom. The normalized spacial score (nSPS) is 12.1. The molecule has 0 aliphatic heterocycles. The third-order valence-electron chi connectivity index (χ3n) is 6.06. The number of nitrogens with zero attached hydrogens (tertiary/aromatic N) is 2. The van der Waals surface area contributed by atoms with Gasteiger partial charge in [-0.3, -0.25) is 13.9 Å². The second-order valence-electron chi connectivity index (χ2n) is 9.49. The maximum Gasteiger partial charge on any atom is 0.264 e. The Labute approximate surface area is 229 Å². The number of rotatable bonds is 12. The number of sulfonamides is 1. The van der Waals surface area contributed by atoms with E-state index in [4.69, 9.17) is 4.74 Å². The monoisotopic (exact) mass is 555 g/mol. The second-order valence-corrected chi connectivity index (χ2v) is 11.4. The highest BCUT2D eigenvalue weighted by atomic mass is 32.2. The van der Waals surface area contributed by atoms with Crippen molar-refractivity contribution in [3.63, 3.8) is 0 Å². The van der Waals surface area contributed by atoms with Gasteiger partial charge in [-0.2, -0.15) is 0 Å². The van der Waals surface area contributed by atoms with E-state index in [1.165, 1.54) is 36.3 Å². The Morgan fingerprint density at radius 2 is 1.62 bits per heavy atom. The van der Waals surface area contributed by atoms with Crippen molar-refractivity contribution < 1.29 is 27.1 Å².